The maximum atomic E-state index is 13.6. The van der Waals surface area contributed by atoms with E-state index < -0.39 is 17.7 Å². The highest BCUT2D eigenvalue weighted by atomic mass is 19.1. The number of aliphatic hydroxyl groups is 1. The molecule has 0 fully saturated rings. The molecule has 0 aromatic heterocycles. The topological polar surface area (TPSA) is 20.2 Å². The highest BCUT2D eigenvalue weighted by Gasteiger charge is 2.14. The van der Waals surface area contributed by atoms with Crippen LogP contribution < -0.4 is 0 Å². The van der Waals surface area contributed by atoms with Crippen molar-refractivity contribution in [3.8, 4) is 0 Å². The lowest BCUT2D eigenvalue weighted by molar-refractivity contribution is 0.158. The van der Waals surface area contributed by atoms with Crippen LogP contribution >= 0.6 is 0 Å². The molecule has 0 aliphatic carbocycles. The van der Waals surface area contributed by atoms with E-state index in [2.05, 4.69) is 6.92 Å². The lowest BCUT2D eigenvalue weighted by atomic mass is 9.99. The standard InChI is InChI=1S/C17H26F2O/c1-3-4-5-6-7-8-9-10-17(20)14-11-13(2)15(18)12-16(14)19/h11-12,17,20H,3-10H2,1-2H3. The number of aryl methyl sites for hydroxylation is 1. The molecule has 0 saturated heterocycles. The Morgan fingerprint density at radius 3 is 2.20 bits per heavy atom. The van der Waals surface area contributed by atoms with Crippen LogP contribution in [0.1, 0.15) is 75.5 Å². The summed E-state index contributed by atoms with van der Waals surface area (Å²) >= 11 is 0. The van der Waals surface area contributed by atoms with E-state index in [1.807, 2.05) is 0 Å². The lowest BCUT2D eigenvalue weighted by Gasteiger charge is -2.13. The second-order valence-electron chi connectivity index (χ2n) is 5.55. The van der Waals surface area contributed by atoms with Gasteiger partial charge in [-0.25, -0.2) is 8.78 Å². The molecule has 1 unspecified atom stereocenters. The summed E-state index contributed by atoms with van der Waals surface area (Å²) in [6, 6.07) is 2.27. The molecule has 114 valence electrons. The Hall–Kier alpha value is -0.960. The number of rotatable bonds is 9. The van der Waals surface area contributed by atoms with Crippen LogP contribution in [0.5, 0.6) is 0 Å². The minimum atomic E-state index is -0.829. The van der Waals surface area contributed by atoms with Crippen LogP contribution in [-0.4, -0.2) is 5.11 Å². The Labute approximate surface area is 121 Å². The Morgan fingerprint density at radius 1 is 0.950 bits per heavy atom. The molecule has 1 aromatic carbocycles. The molecule has 1 rings (SSSR count). The van der Waals surface area contributed by atoms with Gasteiger partial charge in [0.05, 0.1) is 6.10 Å². The van der Waals surface area contributed by atoms with Crippen molar-refractivity contribution in [1.82, 2.24) is 0 Å². The molecular formula is C17H26F2O. The van der Waals surface area contributed by atoms with Crippen LogP contribution in [0.2, 0.25) is 0 Å². The van der Waals surface area contributed by atoms with E-state index in [-0.39, 0.29) is 5.56 Å². The number of unbranched alkanes of at least 4 members (excludes halogenated alkanes) is 6. The van der Waals surface area contributed by atoms with Crippen molar-refractivity contribution >= 4 is 0 Å². The summed E-state index contributed by atoms with van der Waals surface area (Å²) in [4.78, 5) is 0. The van der Waals surface area contributed by atoms with Crippen molar-refractivity contribution in [2.24, 2.45) is 0 Å². The first kappa shape index (κ1) is 17.1. The van der Waals surface area contributed by atoms with Gasteiger partial charge in [-0.2, -0.15) is 0 Å². The Morgan fingerprint density at radius 2 is 1.55 bits per heavy atom. The zero-order chi connectivity index (χ0) is 15.0. The third-order valence-corrected chi connectivity index (χ3v) is 3.72. The zero-order valence-electron chi connectivity index (χ0n) is 12.6. The lowest BCUT2D eigenvalue weighted by Crippen LogP contribution is -2.03. The summed E-state index contributed by atoms with van der Waals surface area (Å²) in [6.07, 6.45) is 7.83. The normalized spacial score (nSPS) is 12.7. The van der Waals surface area contributed by atoms with E-state index in [0.29, 0.717) is 12.0 Å². The van der Waals surface area contributed by atoms with Gasteiger partial charge in [-0.1, -0.05) is 51.9 Å². The predicted molar refractivity (Wildman–Crippen MR) is 78.7 cm³/mol. The minimum absolute atomic E-state index is 0.217. The van der Waals surface area contributed by atoms with Crippen LogP contribution in [-0.2, 0) is 0 Å². The van der Waals surface area contributed by atoms with Crippen molar-refractivity contribution in [2.45, 2.75) is 71.3 Å². The number of aliphatic hydroxyl groups excluding tert-OH is 1. The molecule has 0 saturated carbocycles. The summed E-state index contributed by atoms with van der Waals surface area (Å²) in [5, 5.41) is 9.99. The van der Waals surface area contributed by atoms with Gasteiger partial charge < -0.3 is 5.11 Å². The second-order valence-corrected chi connectivity index (χ2v) is 5.55. The first-order valence-electron chi connectivity index (χ1n) is 7.69. The molecule has 0 aliphatic heterocycles. The molecule has 3 heteroatoms. The van der Waals surface area contributed by atoms with Crippen molar-refractivity contribution in [3.63, 3.8) is 0 Å². The van der Waals surface area contributed by atoms with Crippen molar-refractivity contribution in [2.75, 3.05) is 0 Å². The van der Waals surface area contributed by atoms with Gasteiger partial charge in [-0.3, -0.25) is 0 Å². The highest BCUT2D eigenvalue weighted by molar-refractivity contribution is 5.27. The fourth-order valence-corrected chi connectivity index (χ4v) is 2.39. The largest absolute Gasteiger partial charge is 0.388 e. The Bertz CT molecular complexity index is 404. The van der Waals surface area contributed by atoms with Gasteiger partial charge in [-0.05, 0) is 25.0 Å². The maximum Gasteiger partial charge on any atom is 0.131 e. The van der Waals surface area contributed by atoms with E-state index in [4.69, 9.17) is 0 Å². The van der Waals surface area contributed by atoms with Gasteiger partial charge in [0.25, 0.3) is 0 Å². The SMILES string of the molecule is CCCCCCCCCC(O)c1cc(C)c(F)cc1F. The molecule has 0 heterocycles. The molecule has 0 radical (unpaired) electrons. The molecule has 0 spiro atoms. The average Bonchev–Trinajstić information content (AvgIpc) is 2.41. The molecule has 0 bridgehead atoms. The van der Waals surface area contributed by atoms with Gasteiger partial charge >= 0.3 is 0 Å². The summed E-state index contributed by atoms with van der Waals surface area (Å²) < 4.78 is 26.8. The van der Waals surface area contributed by atoms with Crippen molar-refractivity contribution in [3.05, 3.63) is 34.9 Å². The fourth-order valence-electron chi connectivity index (χ4n) is 2.39. The van der Waals surface area contributed by atoms with Gasteiger partial charge in [0.1, 0.15) is 11.6 Å². The Kier molecular flexibility index (Phi) is 7.75. The third-order valence-electron chi connectivity index (χ3n) is 3.72. The summed E-state index contributed by atoms with van der Waals surface area (Å²) in [5.74, 6) is -1.21. The third kappa shape index (κ3) is 5.58. The molecule has 1 nitrogen and oxygen atoms in total. The number of hydrogen-bond acceptors (Lipinski definition) is 1. The number of halogens is 2. The summed E-state index contributed by atoms with van der Waals surface area (Å²) in [6.45, 7) is 3.77. The molecular weight excluding hydrogens is 258 g/mol. The Balaban J connectivity index is 2.32. The summed E-state index contributed by atoms with van der Waals surface area (Å²) in [7, 11) is 0. The molecule has 20 heavy (non-hydrogen) atoms. The predicted octanol–water partition coefficient (Wildman–Crippen LogP) is 5.45. The first-order valence-corrected chi connectivity index (χ1v) is 7.69. The molecule has 1 aromatic rings. The van der Waals surface area contributed by atoms with E-state index in [0.717, 1.165) is 25.3 Å². The number of benzene rings is 1. The van der Waals surface area contributed by atoms with Crippen LogP contribution in [0, 0.1) is 18.6 Å². The highest BCUT2D eigenvalue weighted by Crippen LogP contribution is 2.25. The quantitative estimate of drug-likeness (QED) is 0.598. The maximum absolute atomic E-state index is 13.6. The average molecular weight is 284 g/mol. The first-order chi connectivity index (χ1) is 9.56. The molecule has 1 atom stereocenters. The summed E-state index contributed by atoms with van der Waals surface area (Å²) in [5.41, 5.74) is 0.592. The van der Waals surface area contributed by atoms with E-state index in [9.17, 15) is 13.9 Å². The van der Waals surface area contributed by atoms with Crippen molar-refractivity contribution < 1.29 is 13.9 Å². The van der Waals surface area contributed by atoms with Crippen LogP contribution in [0.15, 0.2) is 12.1 Å². The minimum Gasteiger partial charge on any atom is -0.388 e. The molecule has 0 aliphatic rings. The van der Waals surface area contributed by atoms with Crippen LogP contribution in [0.25, 0.3) is 0 Å². The monoisotopic (exact) mass is 284 g/mol. The van der Waals surface area contributed by atoms with Gasteiger partial charge in [0.15, 0.2) is 0 Å². The van der Waals surface area contributed by atoms with Crippen molar-refractivity contribution in [1.29, 1.82) is 0 Å². The fraction of sp³-hybridized carbons (Fsp3) is 0.647. The smallest absolute Gasteiger partial charge is 0.131 e. The van der Waals surface area contributed by atoms with Crippen LogP contribution in [0.4, 0.5) is 8.78 Å². The van der Waals surface area contributed by atoms with E-state index in [1.165, 1.54) is 31.7 Å². The van der Waals surface area contributed by atoms with Gasteiger partial charge in [0, 0.05) is 11.6 Å². The van der Waals surface area contributed by atoms with E-state index in [1.54, 1.807) is 6.92 Å². The zero-order valence-corrected chi connectivity index (χ0v) is 12.6. The molecule has 1 N–H and O–H groups in total. The van der Waals surface area contributed by atoms with Crippen LogP contribution in [0.3, 0.4) is 0 Å². The molecule has 0 amide bonds. The number of hydrogen-bond donors (Lipinski definition) is 1. The van der Waals surface area contributed by atoms with E-state index >= 15 is 0 Å². The van der Waals surface area contributed by atoms with Gasteiger partial charge in [-0.15, -0.1) is 0 Å². The second kappa shape index (κ2) is 9.06. The van der Waals surface area contributed by atoms with Gasteiger partial charge in [0.2, 0.25) is 0 Å².